The van der Waals surface area contributed by atoms with E-state index in [0.717, 1.165) is 17.5 Å². The minimum absolute atomic E-state index is 0.0272. The minimum Gasteiger partial charge on any atom is -0.449 e. The van der Waals surface area contributed by atoms with Crippen molar-refractivity contribution >= 4 is 33.8 Å². The molecule has 5 nitrogen and oxygen atoms in total. The highest BCUT2D eigenvalue weighted by Gasteiger charge is 2.40. The summed E-state index contributed by atoms with van der Waals surface area (Å²) in [7, 11) is 0. The zero-order chi connectivity index (χ0) is 26.9. The first-order chi connectivity index (χ1) is 18.2. The number of hydrogen-bond acceptors (Lipinski definition) is 5. The van der Waals surface area contributed by atoms with Gasteiger partial charge in [0, 0.05) is 12.1 Å². The maximum Gasteiger partial charge on any atom is 0.453 e. The predicted octanol–water partition coefficient (Wildman–Crippen LogP) is 7.52. The van der Waals surface area contributed by atoms with Gasteiger partial charge in [-0.05, 0) is 58.8 Å². The zero-order valence-corrected chi connectivity index (χ0v) is 19.3. The standard InChI is InChI=1S/C29H16F4O5/c30-20-9-5-17(6-10-20)7-14-25(34)36-22-12-13-23-24(16-22)38-28(29(31,32)33)27(26(23)35)37-21-11-8-18-3-1-2-4-19(18)15-21/h1-16H/b14-7+. The van der Waals surface area contributed by atoms with Crippen molar-refractivity contribution in [1.82, 2.24) is 0 Å². The van der Waals surface area contributed by atoms with Gasteiger partial charge in [-0.3, -0.25) is 4.79 Å². The topological polar surface area (TPSA) is 65.7 Å². The average Bonchev–Trinajstić information content (AvgIpc) is 2.89. The van der Waals surface area contributed by atoms with Crippen molar-refractivity contribution in [2.75, 3.05) is 0 Å². The summed E-state index contributed by atoms with van der Waals surface area (Å²) in [6, 6.07) is 20.5. The summed E-state index contributed by atoms with van der Waals surface area (Å²) in [5.41, 5.74) is -0.955. The van der Waals surface area contributed by atoms with E-state index in [-0.39, 0.29) is 16.9 Å². The van der Waals surface area contributed by atoms with Gasteiger partial charge in [0.25, 0.3) is 5.76 Å². The number of halogens is 4. The van der Waals surface area contributed by atoms with Gasteiger partial charge in [-0.1, -0.05) is 42.5 Å². The molecule has 9 heteroatoms. The number of carbonyl (C=O) groups is 1. The predicted molar refractivity (Wildman–Crippen MR) is 133 cm³/mol. The highest BCUT2D eigenvalue weighted by molar-refractivity contribution is 5.89. The first kappa shape index (κ1) is 24.8. The smallest absolute Gasteiger partial charge is 0.449 e. The molecule has 38 heavy (non-hydrogen) atoms. The van der Waals surface area contributed by atoms with Crippen molar-refractivity contribution in [3.05, 3.63) is 118 Å². The Labute approximate surface area is 212 Å². The van der Waals surface area contributed by atoms with Crippen LogP contribution in [0.25, 0.3) is 27.8 Å². The SMILES string of the molecule is O=C(/C=C/c1ccc(F)cc1)Oc1ccc2c(=O)c(Oc3ccc4ccccc4c3)c(C(F)(F)F)oc2c1. The second-order valence-electron chi connectivity index (χ2n) is 8.16. The highest BCUT2D eigenvalue weighted by Crippen LogP contribution is 2.39. The van der Waals surface area contributed by atoms with Gasteiger partial charge >= 0.3 is 12.1 Å². The fourth-order valence-electron chi connectivity index (χ4n) is 3.74. The minimum atomic E-state index is -5.05. The second-order valence-corrected chi connectivity index (χ2v) is 8.16. The van der Waals surface area contributed by atoms with E-state index in [1.54, 1.807) is 18.2 Å². The maximum absolute atomic E-state index is 13.9. The van der Waals surface area contributed by atoms with Gasteiger partial charge in [-0.25, -0.2) is 9.18 Å². The molecule has 5 aromatic rings. The average molecular weight is 520 g/mol. The van der Waals surface area contributed by atoms with Crippen molar-refractivity contribution in [3.8, 4) is 17.2 Å². The van der Waals surface area contributed by atoms with Crippen LogP contribution in [0.4, 0.5) is 17.6 Å². The fraction of sp³-hybridized carbons (Fsp3) is 0.0345. The summed E-state index contributed by atoms with van der Waals surface area (Å²) in [6.45, 7) is 0. The molecule has 0 unspecified atom stereocenters. The molecule has 0 fully saturated rings. The third-order valence-electron chi connectivity index (χ3n) is 5.52. The van der Waals surface area contributed by atoms with Crippen LogP contribution in [0.2, 0.25) is 0 Å². The van der Waals surface area contributed by atoms with Crippen LogP contribution in [0.15, 0.2) is 100 Å². The van der Waals surface area contributed by atoms with Crippen molar-refractivity contribution < 1.29 is 36.2 Å². The molecule has 190 valence electrons. The van der Waals surface area contributed by atoms with Gasteiger partial charge in [0.1, 0.15) is 22.9 Å². The van der Waals surface area contributed by atoms with Gasteiger partial charge in [-0.15, -0.1) is 0 Å². The third kappa shape index (κ3) is 5.27. The van der Waals surface area contributed by atoms with E-state index in [9.17, 15) is 27.2 Å². The second kappa shape index (κ2) is 9.85. The number of alkyl halides is 3. The third-order valence-corrected chi connectivity index (χ3v) is 5.52. The molecule has 0 aliphatic rings. The number of ether oxygens (including phenoxy) is 2. The van der Waals surface area contributed by atoms with Gasteiger partial charge in [-0.2, -0.15) is 13.2 Å². The largest absolute Gasteiger partial charge is 0.453 e. The van der Waals surface area contributed by atoms with Crippen LogP contribution in [0.1, 0.15) is 11.3 Å². The maximum atomic E-state index is 13.9. The van der Waals surface area contributed by atoms with Crippen LogP contribution in [-0.2, 0) is 11.0 Å². The van der Waals surface area contributed by atoms with Crippen LogP contribution in [0.3, 0.4) is 0 Å². The normalized spacial score (nSPS) is 11.8. The lowest BCUT2D eigenvalue weighted by Gasteiger charge is -2.14. The van der Waals surface area contributed by atoms with Crippen molar-refractivity contribution in [2.45, 2.75) is 6.18 Å². The molecule has 1 heterocycles. The van der Waals surface area contributed by atoms with Crippen LogP contribution in [0, 0.1) is 5.82 Å². The van der Waals surface area contributed by atoms with E-state index in [1.165, 1.54) is 54.6 Å². The van der Waals surface area contributed by atoms with Gasteiger partial charge < -0.3 is 13.9 Å². The Morgan fingerprint density at radius 3 is 2.29 bits per heavy atom. The first-order valence-corrected chi connectivity index (χ1v) is 11.2. The summed E-state index contributed by atoms with van der Waals surface area (Å²) in [4.78, 5) is 25.2. The molecule has 0 saturated carbocycles. The molecular weight excluding hydrogens is 504 g/mol. The molecule has 4 aromatic carbocycles. The van der Waals surface area contributed by atoms with Gasteiger partial charge in [0.15, 0.2) is 0 Å². The molecule has 0 aliphatic carbocycles. The number of rotatable bonds is 5. The summed E-state index contributed by atoms with van der Waals surface area (Å²) in [6.07, 6.45) is -2.61. The summed E-state index contributed by atoms with van der Waals surface area (Å²) >= 11 is 0. The Hall–Kier alpha value is -4.92. The Morgan fingerprint density at radius 1 is 0.842 bits per heavy atom. The molecule has 0 spiro atoms. The fourth-order valence-corrected chi connectivity index (χ4v) is 3.74. The molecule has 1 aromatic heterocycles. The number of hydrogen-bond donors (Lipinski definition) is 0. The summed E-state index contributed by atoms with van der Waals surface area (Å²) in [5, 5.41) is 1.36. The molecule has 0 N–H and O–H groups in total. The Balaban J connectivity index is 1.47. The number of fused-ring (bicyclic) bond motifs is 2. The van der Waals surface area contributed by atoms with Crippen molar-refractivity contribution in [3.63, 3.8) is 0 Å². The monoisotopic (exact) mass is 520 g/mol. The van der Waals surface area contributed by atoms with Crippen LogP contribution in [-0.4, -0.2) is 5.97 Å². The molecule has 0 atom stereocenters. The van der Waals surface area contributed by atoms with Crippen LogP contribution >= 0.6 is 0 Å². The van der Waals surface area contributed by atoms with Gasteiger partial charge in [0.05, 0.1) is 5.39 Å². The van der Waals surface area contributed by atoms with Crippen molar-refractivity contribution in [2.24, 2.45) is 0 Å². The Morgan fingerprint density at radius 2 is 1.55 bits per heavy atom. The molecule has 0 bridgehead atoms. The van der Waals surface area contributed by atoms with Crippen LogP contribution in [0.5, 0.6) is 17.2 Å². The Kier molecular flexibility index (Phi) is 6.42. The molecule has 0 amide bonds. The lowest BCUT2D eigenvalue weighted by molar-refractivity contribution is -0.154. The van der Waals surface area contributed by atoms with Crippen LogP contribution < -0.4 is 14.9 Å². The summed E-state index contributed by atoms with van der Waals surface area (Å²) in [5.74, 6) is -4.03. The number of esters is 1. The van der Waals surface area contributed by atoms with E-state index in [1.807, 2.05) is 12.1 Å². The quantitative estimate of drug-likeness (QED) is 0.104. The highest BCUT2D eigenvalue weighted by atomic mass is 19.4. The van der Waals surface area contributed by atoms with Crippen molar-refractivity contribution in [1.29, 1.82) is 0 Å². The molecular formula is C29H16F4O5. The number of benzene rings is 4. The first-order valence-electron chi connectivity index (χ1n) is 11.2. The molecule has 0 aliphatic heterocycles. The van der Waals surface area contributed by atoms with E-state index in [2.05, 4.69) is 0 Å². The lowest BCUT2D eigenvalue weighted by atomic mass is 10.1. The summed E-state index contributed by atoms with van der Waals surface area (Å²) < 4.78 is 70.2. The van der Waals surface area contributed by atoms with E-state index in [4.69, 9.17) is 13.9 Å². The number of carbonyl (C=O) groups excluding carboxylic acids is 1. The Bertz CT molecular complexity index is 1750. The lowest BCUT2D eigenvalue weighted by Crippen LogP contribution is -2.15. The molecule has 0 radical (unpaired) electrons. The zero-order valence-electron chi connectivity index (χ0n) is 19.3. The molecule has 5 rings (SSSR count). The van der Waals surface area contributed by atoms with E-state index >= 15 is 0 Å². The molecule has 0 saturated heterocycles. The van der Waals surface area contributed by atoms with Gasteiger partial charge in [0.2, 0.25) is 11.2 Å². The van der Waals surface area contributed by atoms with E-state index < -0.39 is 40.5 Å². The van der Waals surface area contributed by atoms with E-state index in [0.29, 0.717) is 10.9 Å².